The van der Waals surface area contributed by atoms with Gasteiger partial charge in [0.15, 0.2) is 5.78 Å². The summed E-state index contributed by atoms with van der Waals surface area (Å²) in [5.74, 6) is -0.729. The smallest absolute Gasteiger partial charge is 0.220 e. The van der Waals surface area contributed by atoms with Gasteiger partial charge in [-0.2, -0.15) is 0 Å². The van der Waals surface area contributed by atoms with Crippen LogP contribution in [0.5, 0.6) is 0 Å². The molecule has 3 rings (SSSR count). The minimum Gasteiger partial charge on any atom is -0.352 e. The van der Waals surface area contributed by atoms with Gasteiger partial charge in [0, 0.05) is 24.9 Å². The van der Waals surface area contributed by atoms with Crippen LogP contribution in [-0.4, -0.2) is 11.7 Å². The Labute approximate surface area is 145 Å². The maximum atomic E-state index is 12.9. The lowest BCUT2D eigenvalue weighted by atomic mass is 10.0. The van der Waals surface area contributed by atoms with Crippen LogP contribution in [0.1, 0.15) is 28.8 Å². The van der Waals surface area contributed by atoms with Crippen LogP contribution >= 0.6 is 0 Å². The molecule has 126 valence electrons. The van der Waals surface area contributed by atoms with Crippen molar-refractivity contribution in [1.29, 1.82) is 0 Å². The number of hydrogen-bond acceptors (Lipinski definition) is 2. The molecule has 1 N–H and O–H groups in total. The number of carbonyl (C=O) groups is 2. The number of rotatable bonds is 6. The zero-order chi connectivity index (χ0) is 17.6. The minimum atomic E-state index is -0.385. The quantitative estimate of drug-likeness (QED) is 0.684. The average molecular weight is 335 g/mol. The molecule has 3 aromatic carbocycles. The summed E-state index contributed by atoms with van der Waals surface area (Å²) in [6, 6.07) is 19.3. The monoisotopic (exact) mass is 335 g/mol. The summed E-state index contributed by atoms with van der Waals surface area (Å²) in [6.07, 6.45) is 0.216. The molecule has 0 aliphatic heterocycles. The van der Waals surface area contributed by atoms with Crippen molar-refractivity contribution in [2.24, 2.45) is 0 Å². The van der Waals surface area contributed by atoms with Crippen molar-refractivity contribution in [1.82, 2.24) is 5.32 Å². The highest BCUT2D eigenvalue weighted by molar-refractivity contribution is 5.98. The molecular weight excluding hydrogens is 317 g/mol. The molecule has 25 heavy (non-hydrogen) atoms. The topological polar surface area (TPSA) is 46.2 Å². The van der Waals surface area contributed by atoms with Crippen molar-refractivity contribution in [2.75, 3.05) is 0 Å². The molecule has 0 radical (unpaired) electrons. The lowest BCUT2D eigenvalue weighted by Gasteiger charge is -2.08. The summed E-state index contributed by atoms with van der Waals surface area (Å²) in [4.78, 5) is 24.0. The van der Waals surface area contributed by atoms with Crippen LogP contribution in [0.2, 0.25) is 0 Å². The van der Waals surface area contributed by atoms with Crippen molar-refractivity contribution in [2.45, 2.75) is 19.4 Å². The highest BCUT2D eigenvalue weighted by atomic mass is 19.1. The molecule has 0 saturated carbocycles. The molecule has 1 amide bonds. The fourth-order valence-electron chi connectivity index (χ4n) is 2.74. The zero-order valence-electron chi connectivity index (χ0n) is 13.7. The Morgan fingerprint density at radius 2 is 1.56 bits per heavy atom. The van der Waals surface area contributed by atoms with Gasteiger partial charge in [0.1, 0.15) is 5.82 Å². The van der Waals surface area contributed by atoms with E-state index in [-0.39, 0.29) is 30.3 Å². The van der Waals surface area contributed by atoms with Crippen molar-refractivity contribution >= 4 is 22.5 Å². The first-order valence-electron chi connectivity index (χ1n) is 8.15. The van der Waals surface area contributed by atoms with E-state index in [0.717, 1.165) is 16.3 Å². The molecule has 0 heterocycles. The van der Waals surface area contributed by atoms with Gasteiger partial charge in [0.25, 0.3) is 0 Å². The summed E-state index contributed by atoms with van der Waals surface area (Å²) in [7, 11) is 0. The standard InChI is InChI=1S/C21H18FNO2/c22-18-10-8-16(9-11-18)20(24)12-13-21(25)23-14-17-6-3-5-15-4-1-2-7-19(15)17/h1-11H,12-14H2,(H,23,25). The SMILES string of the molecule is O=C(CCC(=O)c1ccc(F)cc1)NCc1cccc2ccccc12. The van der Waals surface area contributed by atoms with Gasteiger partial charge in [-0.25, -0.2) is 4.39 Å². The highest BCUT2D eigenvalue weighted by Crippen LogP contribution is 2.18. The Morgan fingerprint density at radius 3 is 2.36 bits per heavy atom. The van der Waals surface area contributed by atoms with Crippen molar-refractivity contribution in [3.8, 4) is 0 Å². The molecule has 0 bridgehead atoms. The summed E-state index contributed by atoms with van der Waals surface area (Å²) in [5.41, 5.74) is 1.46. The second kappa shape index (κ2) is 7.71. The van der Waals surface area contributed by atoms with E-state index in [0.29, 0.717) is 12.1 Å². The number of ketones is 1. The lowest BCUT2D eigenvalue weighted by molar-refractivity contribution is -0.121. The highest BCUT2D eigenvalue weighted by Gasteiger charge is 2.10. The first-order chi connectivity index (χ1) is 12.1. The fourth-order valence-corrected chi connectivity index (χ4v) is 2.74. The number of fused-ring (bicyclic) bond motifs is 1. The van der Waals surface area contributed by atoms with E-state index in [1.54, 1.807) is 0 Å². The summed E-state index contributed by atoms with van der Waals surface area (Å²) in [6.45, 7) is 0.422. The Hall–Kier alpha value is -3.01. The van der Waals surface area contributed by atoms with Gasteiger partial charge in [-0.05, 0) is 40.6 Å². The molecule has 3 nitrogen and oxygen atoms in total. The van der Waals surface area contributed by atoms with Gasteiger partial charge in [0.2, 0.25) is 5.91 Å². The van der Waals surface area contributed by atoms with Crippen molar-refractivity contribution in [3.05, 3.63) is 83.7 Å². The van der Waals surface area contributed by atoms with Crippen LogP contribution in [-0.2, 0) is 11.3 Å². The number of halogens is 1. The van der Waals surface area contributed by atoms with E-state index in [1.807, 2.05) is 42.5 Å². The summed E-state index contributed by atoms with van der Waals surface area (Å²) < 4.78 is 12.9. The number of benzene rings is 3. The van der Waals surface area contributed by atoms with Gasteiger partial charge in [-0.1, -0.05) is 42.5 Å². The van der Waals surface area contributed by atoms with E-state index < -0.39 is 0 Å². The van der Waals surface area contributed by atoms with E-state index in [1.165, 1.54) is 24.3 Å². The molecule has 0 aromatic heterocycles. The van der Waals surface area contributed by atoms with Crippen molar-refractivity contribution < 1.29 is 14.0 Å². The van der Waals surface area contributed by atoms with Crippen molar-refractivity contribution in [3.63, 3.8) is 0 Å². The van der Waals surface area contributed by atoms with Crippen LogP contribution in [0.25, 0.3) is 10.8 Å². The van der Waals surface area contributed by atoms with Crippen LogP contribution in [0.3, 0.4) is 0 Å². The largest absolute Gasteiger partial charge is 0.352 e. The minimum absolute atomic E-state index is 0.104. The van der Waals surface area contributed by atoms with Gasteiger partial charge in [-0.3, -0.25) is 9.59 Å². The maximum absolute atomic E-state index is 12.9. The molecule has 0 fully saturated rings. The summed E-state index contributed by atoms with van der Waals surface area (Å²) >= 11 is 0. The molecule has 0 unspecified atom stereocenters. The molecule has 4 heteroatoms. The molecule has 0 atom stereocenters. The first-order valence-corrected chi connectivity index (χ1v) is 8.15. The third-order valence-corrected chi connectivity index (χ3v) is 4.10. The van der Waals surface area contributed by atoms with E-state index in [4.69, 9.17) is 0 Å². The second-order valence-corrected chi connectivity index (χ2v) is 5.85. The summed E-state index contributed by atoms with van der Waals surface area (Å²) in [5, 5.41) is 5.09. The third-order valence-electron chi connectivity index (χ3n) is 4.10. The van der Waals surface area contributed by atoms with Crippen LogP contribution in [0.15, 0.2) is 66.7 Å². The average Bonchev–Trinajstić information content (AvgIpc) is 2.65. The predicted molar refractivity (Wildman–Crippen MR) is 95.8 cm³/mol. The number of hydrogen-bond donors (Lipinski definition) is 1. The Morgan fingerprint density at radius 1 is 0.840 bits per heavy atom. The first kappa shape index (κ1) is 16.8. The Kier molecular flexibility index (Phi) is 5.19. The molecular formula is C21H18FNO2. The van der Waals surface area contributed by atoms with E-state index in [9.17, 15) is 14.0 Å². The van der Waals surface area contributed by atoms with Gasteiger partial charge < -0.3 is 5.32 Å². The predicted octanol–water partition coefficient (Wildman–Crippen LogP) is 4.26. The fraction of sp³-hybridized carbons (Fsp3) is 0.143. The van der Waals surface area contributed by atoms with Crippen LogP contribution < -0.4 is 5.32 Å². The Balaban J connectivity index is 1.54. The number of amides is 1. The number of Topliss-reactive ketones (excluding diaryl/α,β-unsaturated/α-hetero) is 1. The van der Waals surface area contributed by atoms with Crippen LogP contribution in [0, 0.1) is 5.82 Å². The van der Waals surface area contributed by atoms with Gasteiger partial charge in [-0.15, -0.1) is 0 Å². The number of nitrogens with one attached hydrogen (secondary N) is 1. The van der Waals surface area contributed by atoms with Gasteiger partial charge in [0.05, 0.1) is 0 Å². The molecule has 0 saturated heterocycles. The van der Waals surface area contributed by atoms with Gasteiger partial charge >= 0.3 is 0 Å². The van der Waals surface area contributed by atoms with E-state index in [2.05, 4.69) is 5.32 Å². The van der Waals surface area contributed by atoms with E-state index >= 15 is 0 Å². The van der Waals surface area contributed by atoms with Crippen LogP contribution in [0.4, 0.5) is 4.39 Å². The molecule has 3 aromatic rings. The zero-order valence-corrected chi connectivity index (χ0v) is 13.7. The molecule has 0 spiro atoms. The molecule has 0 aliphatic carbocycles. The maximum Gasteiger partial charge on any atom is 0.220 e. The number of carbonyl (C=O) groups excluding carboxylic acids is 2. The third kappa shape index (κ3) is 4.29. The molecule has 0 aliphatic rings. The second-order valence-electron chi connectivity index (χ2n) is 5.85. The lowest BCUT2D eigenvalue weighted by Crippen LogP contribution is -2.23. The normalized spacial score (nSPS) is 10.6. The Bertz CT molecular complexity index is 898.